The van der Waals surface area contributed by atoms with Gasteiger partial charge in [0.25, 0.3) is 6.43 Å². The molecular weight excluding hydrogens is 534 g/mol. The number of nitrogens with one attached hydrogen (secondary N) is 2. The van der Waals surface area contributed by atoms with Gasteiger partial charge in [-0.25, -0.2) is 8.78 Å². The highest BCUT2D eigenvalue weighted by Crippen LogP contribution is 2.30. The molecule has 0 saturated carbocycles. The summed E-state index contributed by atoms with van der Waals surface area (Å²) in [5.41, 5.74) is 3.03. The minimum Gasteiger partial charge on any atom is -0.495 e. The molecule has 1 fully saturated rings. The number of alkyl halides is 2. The number of thioether (sulfide) groups is 1. The number of ether oxygens (including phenoxy) is 2. The Kier molecular flexibility index (Phi) is 10.9. The molecule has 2 heterocycles. The summed E-state index contributed by atoms with van der Waals surface area (Å²) < 4.78 is 39.2. The summed E-state index contributed by atoms with van der Waals surface area (Å²) >= 11 is 1.64. The van der Waals surface area contributed by atoms with Gasteiger partial charge in [0, 0.05) is 48.8 Å². The molecule has 0 aliphatic carbocycles. The van der Waals surface area contributed by atoms with E-state index < -0.39 is 19.1 Å². The molecule has 1 unspecified atom stereocenters. The summed E-state index contributed by atoms with van der Waals surface area (Å²) in [6, 6.07) is 13.8. The molecule has 0 radical (unpaired) electrons. The quantitative estimate of drug-likeness (QED) is 0.209. The van der Waals surface area contributed by atoms with Crippen LogP contribution in [-0.2, 0) is 11.3 Å². The normalized spacial score (nSPS) is 15.2. The molecule has 0 spiro atoms. The molecule has 0 amide bonds. The van der Waals surface area contributed by atoms with Crippen LogP contribution in [0.5, 0.6) is 5.75 Å². The van der Waals surface area contributed by atoms with Crippen LogP contribution >= 0.6 is 11.8 Å². The number of benzene rings is 2. The third-order valence-corrected chi connectivity index (χ3v) is 7.76. The van der Waals surface area contributed by atoms with Crippen molar-refractivity contribution in [3.63, 3.8) is 0 Å². The second kappa shape index (κ2) is 14.6. The molecule has 1 atom stereocenters. The number of rotatable bonds is 12. The van der Waals surface area contributed by atoms with Crippen molar-refractivity contribution in [2.24, 2.45) is 0 Å². The van der Waals surface area contributed by atoms with Crippen LogP contribution in [0, 0.1) is 11.8 Å². The van der Waals surface area contributed by atoms with Crippen molar-refractivity contribution in [2.75, 3.05) is 63.9 Å². The topological polar surface area (TPSA) is 70.9 Å². The second-order valence-electron chi connectivity index (χ2n) is 9.82. The van der Waals surface area contributed by atoms with Gasteiger partial charge in [-0.1, -0.05) is 12.0 Å². The average molecular weight is 573 g/mol. The Hall–Kier alpha value is -2.97. The van der Waals surface area contributed by atoms with E-state index in [1.807, 2.05) is 48.7 Å². The predicted molar refractivity (Wildman–Crippen MR) is 159 cm³/mol. The maximum absolute atomic E-state index is 13.6. The van der Waals surface area contributed by atoms with Gasteiger partial charge in [0.05, 0.1) is 49.8 Å². The highest BCUT2D eigenvalue weighted by atomic mass is 32.2. The number of nitrogens with zero attached hydrogens (tertiary/aromatic N) is 2. The van der Waals surface area contributed by atoms with Crippen LogP contribution in [0.1, 0.15) is 18.5 Å². The summed E-state index contributed by atoms with van der Waals surface area (Å²) in [4.78, 5) is 3.34. The molecule has 4 rings (SSSR count). The minimum atomic E-state index is -2.50. The molecule has 40 heavy (non-hydrogen) atoms. The smallest absolute Gasteiger partial charge is 0.256 e. The van der Waals surface area contributed by atoms with Crippen LogP contribution in [0.25, 0.3) is 10.9 Å². The number of anilines is 2. The van der Waals surface area contributed by atoms with Crippen LogP contribution < -0.4 is 15.4 Å². The third-order valence-electron chi connectivity index (χ3n) is 7.03. The number of aliphatic hydroxyl groups is 1. The van der Waals surface area contributed by atoms with E-state index in [1.54, 1.807) is 30.5 Å². The Morgan fingerprint density at radius 3 is 2.60 bits per heavy atom. The summed E-state index contributed by atoms with van der Waals surface area (Å²) in [5.74, 6) is 6.93. The molecule has 1 aromatic heterocycles. The van der Waals surface area contributed by atoms with Crippen molar-refractivity contribution in [2.45, 2.75) is 42.9 Å². The first kappa shape index (κ1) is 30.0. The Morgan fingerprint density at radius 1 is 1.10 bits per heavy atom. The SMILES string of the molecule is COCC(O)CN1CCC(Nc2cccc3c2cc(C#CCNc2ccc(SC)cc2OC)n3CC(F)F)CC1. The lowest BCUT2D eigenvalue weighted by Gasteiger charge is -2.34. The fourth-order valence-corrected chi connectivity index (χ4v) is 5.52. The fraction of sp³-hybridized carbons (Fsp3) is 0.467. The van der Waals surface area contributed by atoms with Crippen LogP contribution in [-0.4, -0.2) is 86.4 Å². The average Bonchev–Trinajstić information content (AvgIpc) is 3.29. The number of hydrogen-bond acceptors (Lipinski definition) is 7. The lowest BCUT2D eigenvalue weighted by molar-refractivity contribution is 0.0327. The molecule has 1 saturated heterocycles. The Bertz CT molecular complexity index is 1320. The Balaban J connectivity index is 1.47. The molecule has 10 heteroatoms. The van der Waals surface area contributed by atoms with Crippen molar-refractivity contribution in [3.05, 3.63) is 48.2 Å². The van der Waals surface area contributed by atoms with Crippen molar-refractivity contribution < 1.29 is 23.4 Å². The van der Waals surface area contributed by atoms with Gasteiger partial charge in [0.2, 0.25) is 0 Å². The number of likely N-dealkylation sites (tertiary alicyclic amines) is 1. The zero-order valence-electron chi connectivity index (χ0n) is 23.3. The first-order valence-corrected chi connectivity index (χ1v) is 14.6. The predicted octanol–water partition coefficient (Wildman–Crippen LogP) is 4.98. The number of aliphatic hydroxyl groups excluding tert-OH is 1. The number of fused-ring (bicyclic) bond motifs is 1. The number of aromatic nitrogens is 1. The Morgan fingerprint density at radius 2 is 1.90 bits per heavy atom. The van der Waals surface area contributed by atoms with Gasteiger partial charge in [-0.3, -0.25) is 0 Å². The highest BCUT2D eigenvalue weighted by molar-refractivity contribution is 7.98. The van der Waals surface area contributed by atoms with Gasteiger partial charge in [-0.2, -0.15) is 0 Å². The number of hydrogen-bond donors (Lipinski definition) is 3. The maximum Gasteiger partial charge on any atom is 0.256 e. The van der Waals surface area contributed by atoms with E-state index in [9.17, 15) is 13.9 Å². The molecule has 1 aliphatic heterocycles. The molecule has 1 aliphatic rings. The fourth-order valence-electron chi connectivity index (χ4n) is 5.09. The van der Waals surface area contributed by atoms with Crippen molar-refractivity contribution in [1.29, 1.82) is 0 Å². The first-order valence-electron chi connectivity index (χ1n) is 13.4. The molecule has 3 N–H and O–H groups in total. The summed E-state index contributed by atoms with van der Waals surface area (Å²) in [7, 11) is 3.22. The van der Waals surface area contributed by atoms with Gasteiger partial charge in [-0.05, 0) is 61.4 Å². The van der Waals surface area contributed by atoms with Gasteiger partial charge in [0.1, 0.15) is 5.75 Å². The number of halogens is 2. The van der Waals surface area contributed by atoms with Crippen LogP contribution in [0.3, 0.4) is 0 Å². The summed E-state index contributed by atoms with van der Waals surface area (Å²) in [5, 5.41) is 17.8. The van der Waals surface area contributed by atoms with E-state index in [0.29, 0.717) is 25.4 Å². The maximum atomic E-state index is 13.6. The summed E-state index contributed by atoms with van der Waals surface area (Å²) in [6.07, 6.45) is 0.868. The van der Waals surface area contributed by atoms with E-state index in [-0.39, 0.29) is 6.04 Å². The molecule has 3 aromatic rings. The largest absolute Gasteiger partial charge is 0.495 e. The molecule has 0 bridgehead atoms. The van der Waals surface area contributed by atoms with Gasteiger partial charge in [0.15, 0.2) is 0 Å². The van der Waals surface area contributed by atoms with Crippen LogP contribution in [0.15, 0.2) is 47.4 Å². The van der Waals surface area contributed by atoms with Crippen molar-refractivity contribution in [1.82, 2.24) is 9.47 Å². The number of piperidine rings is 1. The van der Waals surface area contributed by atoms with E-state index in [1.165, 1.54) is 0 Å². The van der Waals surface area contributed by atoms with Crippen molar-refractivity contribution in [3.8, 4) is 17.6 Å². The number of β-amino-alcohol motifs (C(OH)–C–C–N with tert-alkyl or cyclic N) is 1. The van der Waals surface area contributed by atoms with Gasteiger partial charge >= 0.3 is 0 Å². The minimum absolute atomic E-state index is 0.256. The zero-order chi connectivity index (χ0) is 28.5. The second-order valence-corrected chi connectivity index (χ2v) is 10.7. The highest BCUT2D eigenvalue weighted by Gasteiger charge is 2.22. The molecule has 2 aromatic carbocycles. The van der Waals surface area contributed by atoms with E-state index in [4.69, 9.17) is 9.47 Å². The summed E-state index contributed by atoms with van der Waals surface area (Å²) in [6.45, 7) is 2.59. The van der Waals surface area contributed by atoms with Crippen molar-refractivity contribution >= 4 is 34.0 Å². The van der Waals surface area contributed by atoms with E-state index >= 15 is 0 Å². The lowest BCUT2D eigenvalue weighted by atomic mass is 10.0. The standard InChI is InChI=1S/C30H38F2N4O3S/c1-38-20-23(37)18-35-14-11-21(12-15-35)34-26-7-4-8-28-25(26)16-22(36(28)19-30(31)32)6-5-13-33-27-10-9-24(40-3)17-29(27)39-2/h4,7-10,16-17,21,23,30,33-34,37H,11-15,18-20H2,1-3H3. The van der Waals surface area contributed by atoms with Crippen LogP contribution in [0.2, 0.25) is 0 Å². The molecule has 7 nitrogen and oxygen atoms in total. The Labute approximate surface area is 239 Å². The number of methoxy groups -OCH3 is 2. The van der Waals surface area contributed by atoms with E-state index in [2.05, 4.69) is 27.4 Å². The first-order chi connectivity index (χ1) is 19.4. The monoisotopic (exact) mass is 572 g/mol. The lowest BCUT2D eigenvalue weighted by Crippen LogP contribution is -2.43. The third kappa shape index (κ3) is 7.82. The van der Waals surface area contributed by atoms with Crippen LogP contribution in [0.4, 0.5) is 20.2 Å². The molecule has 216 valence electrons. The van der Waals surface area contributed by atoms with E-state index in [0.717, 1.165) is 58.9 Å². The van der Waals surface area contributed by atoms with Gasteiger partial charge < -0.3 is 34.7 Å². The van der Waals surface area contributed by atoms with Gasteiger partial charge in [-0.15, -0.1) is 11.8 Å². The zero-order valence-corrected chi connectivity index (χ0v) is 24.1. The molecular formula is C30H38F2N4O3S.